The molecule has 2 rings (SSSR count). The quantitative estimate of drug-likeness (QED) is 0.725. The summed E-state index contributed by atoms with van der Waals surface area (Å²) in [6.07, 6.45) is 3.49. The first-order chi connectivity index (χ1) is 7.09. The molecule has 78 valence electrons. The molecule has 0 fully saturated rings. The molecular formula is C11H12FN3. The fourth-order valence-electron chi connectivity index (χ4n) is 1.52. The summed E-state index contributed by atoms with van der Waals surface area (Å²) >= 11 is 0. The van der Waals surface area contributed by atoms with Crippen molar-refractivity contribution in [2.24, 2.45) is 0 Å². The van der Waals surface area contributed by atoms with E-state index in [4.69, 9.17) is 5.73 Å². The molecule has 0 aliphatic rings. The normalized spacial score (nSPS) is 10.6. The van der Waals surface area contributed by atoms with Crippen LogP contribution in [0.5, 0.6) is 0 Å². The van der Waals surface area contributed by atoms with Gasteiger partial charge in [-0.05, 0) is 31.5 Å². The zero-order valence-electron chi connectivity index (χ0n) is 8.66. The highest BCUT2D eigenvalue weighted by Gasteiger charge is 2.08. The third kappa shape index (κ3) is 1.58. The number of benzene rings is 1. The number of hydrogen-bond donors (Lipinski definition) is 1. The number of imidazole rings is 1. The Morgan fingerprint density at radius 2 is 2.07 bits per heavy atom. The number of aryl methyl sites for hydroxylation is 2. The van der Waals surface area contributed by atoms with Crippen molar-refractivity contribution in [2.75, 3.05) is 5.73 Å². The summed E-state index contributed by atoms with van der Waals surface area (Å²) in [6.45, 7) is 3.59. The molecule has 0 atom stereocenters. The van der Waals surface area contributed by atoms with Crippen molar-refractivity contribution in [3.8, 4) is 5.69 Å². The van der Waals surface area contributed by atoms with Crippen molar-refractivity contribution in [2.45, 2.75) is 13.8 Å². The molecule has 2 N–H and O–H groups in total. The number of hydrogen-bond acceptors (Lipinski definition) is 2. The molecule has 0 aliphatic carbocycles. The first kappa shape index (κ1) is 9.71. The minimum atomic E-state index is -0.283. The SMILES string of the molecule is Cc1cc(-n2ccnc2C)c(N)cc1F. The molecule has 1 heterocycles. The monoisotopic (exact) mass is 205 g/mol. The maximum absolute atomic E-state index is 13.2. The van der Waals surface area contributed by atoms with Gasteiger partial charge in [0.15, 0.2) is 0 Å². The highest BCUT2D eigenvalue weighted by molar-refractivity contribution is 5.59. The van der Waals surface area contributed by atoms with E-state index < -0.39 is 0 Å². The lowest BCUT2D eigenvalue weighted by Gasteiger charge is -2.10. The summed E-state index contributed by atoms with van der Waals surface area (Å²) in [7, 11) is 0. The van der Waals surface area contributed by atoms with E-state index in [1.54, 1.807) is 25.4 Å². The van der Waals surface area contributed by atoms with E-state index >= 15 is 0 Å². The van der Waals surface area contributed by atoms with Gasteiger partial charge >= 0.3 is 0 Å². The molecule has 3 nitrogen and oxygen atoms in total. The standard InChI is InChI=1S/C11H12FN3/c1-7-5-11(10(13)6-9(7)12)15-4-3-14-8(15)2/h3-6H,13H2,1-2H3. The van der Waals surface area contributed by atoms with Crippen LogP contribution >= 0.6 is 0 Å². The van der Waals surface area contributed by atoms with Gasteiger partial charge in [0.25, 0.3) is 0 Å². The third-order valence-corrected chi connectivity index (χ3v) is 2.39. The molecule has 2 aromatic rings. The van der Waals surface area contributed by atoms with Crippen molar-refractivity contribution in [1.29, 1.82) is 0 Å². The van der Waals surface area contributed by atoms with E-state index in [1.807, 2.05) is 11.5 Å². The van der Waals surface area contributed by atoms with Crippen molar-refractivity contribution < 1.29 is 4.39 Å². The third-order valence-electron chi connectivity index (χ3n) is 2.39. The van der Waals surface area contributed by atoms with Gasteiger partial charge in [-0.25, -0.2) is 9.37 Å². The molecule has 1 aromatic carbocycles. The molecule has 4 heteroatoms. The highest BCUT2D eigenvalue weighted by atomic mass is 19.1. The molecule has 0 amide bonds. The van der Waals surface area contributed by atoms with Crippen molar-refractivity contribution in [3.63, 3.8) is 0 Å². The number of aromatic nitrogens is 2. The Bertz CT molecular complexity index is 503. The fraction of sp³-hybridized carbons (Fsp3) is 0.182. The van der Waals surface area contributed by atoms with E-state index in [2.05, 4.69) is 4.98 Å². The predicted molar refractivity (Wildman–Crippen MR) is 57.4 cm³/mol. The van der Waals surface area contributed by atoms with Crippen LogP contribution in [-0.2, 0) is 0 Å². The summed E-state index contributed by atoms with van der Waals surface area (Å²) in [6, 6.07) is 3.06. The average Bonchev–Trinajstić information content (AvgIpc) is 2.58. The van der Waals surface area contributed by atoms with Gasteiger partial charge in [-0.15, -0.1) is 0 Å². The number of anilines is 1. The number of rotatable bonds is 1. The molecule has 0 bridgehead atoms. The average molecular weight is 205 g/mol. The van der Waals surface area contributed by atoms with Gasteiger partial charge in [0.1, 0.15) is 11.6 Å². The van der Waals surface area contributed by atoms with Crippen LogP contribution in [0.15, 0.2) is 24.5 Å². The Hall–Kier alpha value is -1.84. The van der Waals surface area contributed by atoms with Crippen LogP contribution in [-0.4, -0.2) is 9.55 Å². The van der Waals surface area contributed by atoms with Crippen LogP contribution in [0.3, 0.4) is 0 Å². The van der Waals surface area contributed by atoms with Gasteiger partial charge in [0, 0.05) is 12.4 Å². The smallest absolute Gasteiger partial charge is 0.128 e. The molecule has 1 aromatic heterocycles. The van der Waals surface area contributed by atoms with Crippen LogP contribution in [0.4, 0.5) is 10.1 Å². The van der Waals surface area contributed by atoms with Crippen LogP contribution < -0.4 is 5.73 Å². The number of nitrogens with zero attached hydrogens (tertiary/aromatic N) is 2. The molecule has 0 spiro atoms. The van der Waals surface area contributed by atoms with E-state index in [0.29, 0.717) is 11.3 Å². The maximum Gasteiger partial charge on any atom is 0.128 e. The van der Waals surface area contributed by atoms with Crippen LogP contribution in [0.2, 0.25) is 0 Å². The lowest BCUT2D eigenvalue weighted by Crippen LogP contribution is -2.02. The number of nitrogen functional groups attached to an aromatic ring is 1. The summed E-state index contributed by atoms with van der Waals surface area (Å²) in [4.78, 5) is 4.10. The Morgan fingerprint density at radius 1 is 1.33 bits per heavy atom. The molecule has 0 unspecified atom stereocenters. The molecule has 0 aliphatic heterocycles. The molecule has 0 saturated heterocycles. The maximum atomic E-state index is 13.2. The van der Waals surface area contributed by atoms with Gasteiger partial charge in [0.2, 0.25) is 0 Å². The second kappa shape index (κ2) is 3.38. The van der Waals surface area contributed by atoms with E-state index in [9.17, 15) is 4.39 Å². The zero-order valence-corrected chi connectivity index (χ0v) is 8.66. The minimum absolute atomic E-state index is 0.283. The van der Waals surface area contributed by atoms with Gasteiger partial charge in [-0.1, -0.05) is 0 Å². The Kier molecular flexibility index (Phi) is 2.19. The van der Waals surface area contributed by atoms with Gasteiger partial charge in [-0.3, -0.25) is 0 Å². The topological polar surface area (TPSA) is 43.8 Å². The summed E-state index contributed by atoms with van der Waals surface area (Å²) < 4.78 is 15.0. The second-order valence-corrected chi connectivity index (χ2v) is 3.50. The lowest BCUT2D eigenvalue weighted by atomic mass is 10.2. The summed E-state index contributed by atoms with van der Waals surface area (Å²) in [5.74, 6) is 0.543. The highest BCUT2D eigenvalue weighted by Crippen LogP contribution is 2.22. The van der Waals surface area contributed by atoms with Crippen molar-refractivity contribution in [1.82, 2.24) is 9.55 Å². The van der Waals surface area contributed by atoms with E-state index in [0.717, 1.165) is 11.5 Å². The van der Waals surface area contributed by atoms with Gasteiger partial charge in [-0.2, -0.15) is 0 Å². The summed E-state index contributed by atoms with van der Waals surface area (Å²) in [5, 5.41) is 0. The molecule has 15 heavy (non-hydrogen) atoms. The Morgan fingerprint density at radius 3 is 2.67 bits per heavy atom. The van der Waals surface area contributed by atoms with Gasteiger partial charge < -0.3 is 10.3 Å². The Balaban J connectivity index is 2.64. The fourth-order valence-corrected chi connectivity index (χ4v) is 1.52. The van der Waals surface area contributed by atoms with Crippen molar-refractivity contribution >= 4 is 5.69 Å². The predicted octanol–water partition coefficient (Wildman–Crippen LogP) is 2.21. The van der Waals surface area contributed by atoms with Crippen LogP contribution in [0.1, 0.15) is 11.4 Å². The first-order valence-electron chi connectivity index (χ1n) is 4.65. The van der Waals surface area contributed by atoms with Gasteiger partial charge in [0.05, 0.1) is 11.4 Å². The molecule has 0 radical (unpaired) electrons. The van der Waals surface area contributed by atoms with E-state index in [-0.39, 0.29) is 5.82 Å². The molecule has 0 saturated carbocycles. The minimum Gasteiger partial charge on any atom is -0.397 e. The zero-order chi connectivity index (χ0) is 11.0. The summed E-state index contributed by atoms with van der Waals surface area (Å²) in [5.41, 5.74) is 7.52. The van der Waals surface area contributed by atoms with Crippen molar-refractivity contribution in [3.05, 3.63) is 41.7 Å². The largest absolute Gasteiger partial charge is 0.397 e. The van der Waals surface area contributed by atoms with Crippen LogP contribution in [0.25, 0.3) is 5.69 Å². The second-order valence-electron chi connectivity index (χ2n) is 3.50. The Labute approximate surface area is 87.4 Å². The first-order valence-corrected chi connectivity index (χ1v) is 4.65. The lowest BCUT2D eigenvalue weighted by molar-refractivity contribution is 0.618. The number of nitrogens with two attached hydrogens (primary N) is 1. The molecular weight excluding hydrogens is 193 g/mol. The van der Waals surface area contributed by atoms with Crippen LogP contribution in [0, 0.1) is 19.7 Å². The van der Waals surface area contributed by atoms with E-state index in [1.165, 1.54) is 6.07 Å². The number of halogens is 1.